The third kappa shape index (κ3) is 2.82. The maximum absolute atomic E-state index is 12.2. The number of anilines is 1. The highest BCUT2D eigenvalue weighted by atomic mass is 35.5. The van der Waals surface area contributed by atoms with E-state index in [-0.39, 0.29) is 11.6 Å². The van der Waals surface area contributed by atoms with Gasteiger partial charge >= 0.3 is 0 Å². The van der Waals surface area contributed by atoms with Crippen LogP contribution in [0.25, 0.3) is 11.1 Å². The number of nitrogens with zero attached hydrogens (tertiary/aromatic N) is 3. The predicted molar refractivity (Wildman–Crippen MR) is 83.8 cm³/mol. The Labute approximate surface area is 131 Å². The number of hydrogen-bond acceptors (Lipinski definition) is 4. The predicted octanol–water partition coefficient (Wildman–Crippen LogP) is 3.08. The van der Waals surface area contributed by atoms with Crippen molar-refractivity contribution in [1.82, 2.24) is 20.2 Å². The highest BCUT2D eigenvalue weighted by molar-refractivity contribution is 6.30. The molecule has 0 saturated heterocycles. The summed E-state index contributed by atoms with van der Waals surface area (Å²) in [5.74, 6) is 0.0540. The fraction of sp³-hybridized carbons (Fsp3) is 0.0667. The zero-order chi connectivity index (χ0) is 15.5. The van der Waals surface area contributed by atoms with Crippen molar-refractivity contribution >= 4 is 23.3 Å². The van der Waals surface area contributed by atoms with E-state index >= 15 is 0 Å². The Morgan fingerprint density at radius 3 is 2.91 bits per heavy atom. The standard InChI is InChI=1S/C15H12ClN5O/c1-9-13(10-3-2-4-11(16)7-10)14(21-20-9)19-15(22)12-8-17-5-6-18-12/h2-8H,1H3,(H2,19,20,21,22). The Morgan fingerprint density at radius 2 is 2.18 bits per heavy atom. The molecule has 6 nitrogen and oxygen atoms in total. The minimum atomic E-state index is -0.372. The molecule has 0 aliphatic heterocycles. The quantitative estimate of drug-likeness (QED) is 0.778. The normalized spacial score (nSPS) is 10.5. The number of H-pyrrole nitrogens is 1. The molecule has 3 aromatic rings. The lowest BCUT2D eigenvalue weighted by Gasteiger charge is -2.06. The van der Waals surface area contributed by atoms with Gasteiger partial charge in [-0.2, -0.15) is 5.10 Å². The molecule has 0 unspecified atom stereocenters. The number of carbonyl (C=O) groups excluding carboxylic acids is 1. The number of amides is 1. The van der Waals surface area contributed by atoms with E-state index in [1.807, 2.05) is 25.1 Å². The molecule has 0 atom stereocenters. The van der Waals surface area contributed by atoms with Gasteiger partial charge in [0.05, 0.1) is 6.20 Å². The summed E-state index contributed by atoms with van der Waals surface area (Å²) < 4.78 is 0. The van der Waals surface area contributed by atoms with E-state index in [0.29, 0.717) is 10.8 Å². The van der Waals surface area contributed by atoms with E-state index < -0.39 is 0 Å². The number of carbonyl (C=O) groups is 1. The maximum Gasteiger partial charge on any atom is 0.277 e. The number of aryl methyl sites for hydroxylation is 1. The first-order chi connectivity index (χ1) is 10.6. The molecule has 2 aromatic heterocycles. The summed E-state index contributed by atoms with van der Waals surface area (Å²) in [6, 6.07) is 7.36. The molecule has 2 heterocycles. The fourth-order valence-corrected chi connectivity index (χ4v) is 2.30. The average molecular weight is 314 g/mol. The van der Waals surface area contributed by atoms with Gasteiger partial charge < -0.3 is 5.32 Å². The highest BCUT2D eigenvalue weighted by Crippen LogP contribution is 2.31. The van der Waals surface area contributed by atoms with Crippen LogP contribution < -0.4 is 5.32 Å². The van der Waals surface area contributed by atoms with Gasteiger partial charge in [-0.15, -0.1) is 0 Å². The molecule has 1 amide bonds. The molecule has 3 rings (SSSR count). The lowest BCUT2D eigenvalue weighted by Crippen LogP contribution is -2.14. The summed E-state index contributed by atoms with van der Waals surface area (Å²) in [4.78, 5) is 20.0. The number of benzene rings is 1. The minimum absolute atomic E-state index is 0.222. The minimum Gasteiger partial charge on any atom is -0.303 e. The zero-order valence-corrected chi connectivity index (χ0v) is 12.4. The van der Waals surface area contributed by atoms with Gasteiger partial charge in [-0.1, -0.05) is 23.7 Å². The van der Waals surface area contributed by atoms with E-state index in [9.17, 15) is 4.79 Å². The van der Waals surface area contributed by atoms with Gasteiger partial charge in [0.1, 0.15) is 5.69 Å². The number of aromatic nitrogens is 4. The second kappa shape index (κ2) is 5.95. The molecule has 0 radical (unpaired) electrons. The van der Waals surface area contributed by atoms with Crippen LogP contribution in [0.3, 0.4) is 0 Å². The Morgan fingerprint density at radius 1 is 1.32 bits per heavy atom. The maximum atomic E-state index is 12.2. The lowest BCUT2D eigenvalue weighted by molar-refractivity contribution is 0.102. The van der Waals surface area contributed by atoms with Gasteiger partial charge in [0.15, 0.2) is 5.82 Å². The monoisotopic (exact) mass is 313 g/mol. The number of halogens is 1. The van der Waals surface area contributed by atoms with E-state index in [1.54, 1.807) is 6.07 Å². The average Bonchev–Trinajstić information content (AvgIpc) is 2.89. The third-order valence-electron chi connectivity index (χ3n) is 3.09. The molecule has 7 heteroatoms. The molecule has 0 fully saturated rings. The van der Waals surface area contributed by atoms with Crippen LogP contribution >= 0.6 is 11.6 Å². The van der Waals surface area contributed by atoms with Crippen molar-refractivity contribution in [2.75, 3.05) is 5.32 Å². The second-order valence-electron chi connectivity index (χ2n) is 4.63. The summed E-state index contributed by atoms with van der Waals surface area (Å²) in [6.07, 6.45) is 4.36. The van der Waals surface area contributed by atoms with Crippen LogP contribution in [0.2, 0.25) is 5.02 Å². The molecule has 0 spiro atoms. The van der Waals surface area contributed by atoms with Crippen LogP contribution in [-0.2, 0) is 0 Å². The third-order valence-corrected chi connectivity index (χ3v) is 3.32. The van der Waals surface area contributed by atoms with Gasteiger partial charge in [0, 0.05) is 28.7 Å². The molecule has 0 aliphatic carbocycles. The van der Waals surface area contributed by atoms with Crippen molar-refractivity contribution in [3.05, 3.63) is 59.3 Å². The molecule has 22 heavy (non-hydrogen) atoms. The van der Waals surface area contributed by atoms with Gasteiger partial charge in [-0.3, -0.25) is 14.9 Å². The molecule has 0 bridgehead atoms. The van der Waals surface area contributed by atoms with Crippen molar-refractivity contribution in [2.24, 2.45) is 0 Å². The molecule has 110 valence electrons. The van der Waals surface area contributed by atoms with Crippen molar-refractivity contribution in [1.29, 1.82) is 0 Å². The largest absolute Gasteiger partial charge is 0.303 e. The van der Waals surface area contributed by atoms with Gasteiger partial charge in [0.2, 0.25) is 0 Å². The first-order valence-electron chi connectivity index (χ1n) is 6.53. The topological polar surface area (TPSA) is 83.6 Å². The molecule has 0 aliphatic rings. The Balaban J connectivity index is 1.95. The van der Waals surface area contributed by atoms with E-state index in [0.717, 1.165) is 16.8 Å². The van der Waals surface area contributed by atoms with Crippen LogP contribution in [0.15, 0.2) is 42.9 Å². The summed E-state index contributed by atoms with van der Waals surface area (Å²) in [6.45, 7) is 1.88. The number of rotatable bonds is 3. The van der Waals surface area contributed by atoms with Crippen molar-refractivity contribution in [2.45, 2.75) is 6.92 Å². The SMILES string of the molecule is Cc1[nH]nc(NC(=O)c2cnccn2)c1-c1cccc(Cl)c1. The second-order valence-corrected chi connectivity index (χ2v) is 5.06. The van der Waals surface area contributed by atoms with Crippen LogP contribution in [0.4, 0.5) is 5.82 Å². The first-order valence-corrected chi connectivity index (χ1v) is 6.91. The van der Waals surface area contributed by atoms with Gasteiger partial charge in [-0.05, 0) is 24.6 Å². The van der Waals surface area contributed by atoms with Crippen molar-refractivity contribution in [3.63, 3.8) is 0 Å². The van der Waals surface area contributed by atoms with Crippen LogP contribution in [-0.4, -0.2) is 26.1 Å². The molecule has 0 saturated carbocycles. The molecular formula is C15H12ClN5O. The fourth-order valence-electron chi connectivity index (χ4n) is 2.10. The Kier molecular flexibility index (Phi) is 3.84. The summed E-state index contributed by atoms with van der Waals surface area (Å²) in [5.41, 5.74) is 2.71. The zero-order valence-electron chi connectivity index (χ0n) is 11.7. The van der Waals surface area contributed by atoms with E-state index in [4.69, 9.17) is 11.6 Å². The molecular weight excluding hydrogens is 302 g/mol. The smallest absolute Gasteiger partial charge is 0.277 e. The number of aromatic amines is 1. The summed E-state index contributed by atoms with van der Waals surface area (Å²) >= 11 is 6.03. The van der Waals surface area contributed by atoms with Crippen LogP contribution in [0.5, 0.6) is 0 Å². The highest BCUT2D eigenvalue weighted by Gasteiger charge is 2.16. The van der Waals surface area contributed by atoms with E-state index in [1.165, 1.54) is 18.6 Å². The Hall–Kier alpha value is -2.73. The van der Waals surface area contributed by atoms with Crippen molar-refractivity contribution < 1.29 is 4.79 Å². The molecule has 2 N–H and O–H groups in total. The van der Waals surface area contributed by atoms with Crippen LogP contribution in [0, 0.1) is 6.92 Å². The number of hydrogen-bond donors (Lipinski definition) is 2. The lowest BCUT2D eigenvalue weighted by atomic mass is 10.1. The Bertz CT molecular complexity index is 816. The summed E-state index contributed by atoms with van der Waals surface area (Å²) in [5, 5.41) is 10.4. The van der Waals surface area contributed by atoms with Crippen molar-refractivity contribution in [3.8, 4) is 11.1 Å². The van der Waals surface area contributed by atoms with Gasteiger partial charge in [0.25, 0.3) is 5.91 Å². The summed E-state index contributed by atoms with van der Waals surface area (Å²) in [7, 11) is 0. The van der Waals surface area contributed by atoms with E-state index in [2.05, 4.69) is 25.5 Å². The van der Waals surface area contributed by atoms with Gasteiger partial charge in [-0.25, -0.2) is 4.98 Å². The number of nitrogens with one attached hydrogen (secondary N) is 2. The molecule has 1 aromatic carbocycles. The first kappa shape index (κ1) is 14.2. The van der Waals surface area contributed by atoms with Crippen LogP contribution in [0.1, 0.15) is 16.2 Å².